The van der Waals surface area contributed by atoms with Crippen LogP contribution in [0.1, 0.15) is 10.4 Å². The Morgan fingerprint density at radius 3 is 2.00 bits per heavy atom. The summed E-state index contributed by atoms with van der Waals surface area (Å²) in [7, 11) is 0. The minimum Gasteiger partial charge on any atom is -0.293 e. The van der Waals surface area contributed by atoms with Gasteiger partial charge in [0.2, 0.25) is 0 Å². The molecule has 3 rings (SSSR count). The second kappa shape index (κ2) is 5.11. The van der Waals surface area contributed by atoms with Crippen molar-refractivity contribution in [3.05, 3.63) is 59.9 Å². The van der Waals surface area contributed by atoms with Crippen molar-refractivity contribution in [3.63, 3.8) is 0 Å². The predicted molar refractivity (Wildman–Crippen MR) is 66.9 cm³/mol. The van der Waals surface area contributed by atoms with Gasteiger partial charge in [-0.1, -0.05) is 48.5 Å². The highest BCUT2D eigenvalue weighted by molar-refractivity contribution is 6.30. The maximum atomic E-state index is 12.0. The fourth-order valence-electron chi connectivity index (χ4n) is 1.46. The summed E-state index contributed by atoms with van der Waals surface area (Å²) in [6.07, 6.45) is 0. The molecule has 0 atom stereocenters. The number of Topliss-reactive ketones (excluding diaryl/α,β-unsaturated/α-hetero) is 1. The minimum absolute atomic E-state index is 0.0116. The maximum Gasteiger partial charge on any atom is 0.177 e. The van der Waals surface area contributed by atoms with Crippen LogP contribution in [0.4, 0.5) is 4.39 Å². The number of ketones is 1. The SMILES string of the molecule is Fc1c2cccc1-2.O=C(CCl)c1ccccc1. The van der Waals surface area contributed by atoms with Gasteiger partial charge in [-0.25, -0.2) is 4.39 Å². The van der Waals surface area contributed by atoms with Gasteiger partial charge in [0.1, 0.15) is 5.82 Å². The van der Waals surface area contributed by atoms with Crippen molar-refractivity contribution in [2.24, 2.45) is 0 Å². The second-order valence-corrected chi connectivity index (χ2v) is 3.86. The van der Waals surface area contributed by atoms with E-state index in [1.807, 2.05) is 24.3 Å². The Bertz CT molecular complexity index is 517. The normalized spacial score (nSPS) is 10.2. The summed E-state index contributed by atoms with van der Waals surface area (Å²) in [6, 6.07) is 14.4. The third-order valence-electron chi connectivity index (χ3n) is 2.44. The highest BCUT2D eigenvalue weighted by Crippen LogP contribution is 2.39. The second-order valence-electron chi connectivity index (χ2n) is 3.59. The number of hydrogen-bond donors (Lipinski definition) is 0. The van der Waals surface area contributed by atoms with Crippen LogP contribution >= 0.6 is 11.6 Å². The lowest BCUT2D eigenvalue weighted by molar-refractivity contribution is 0.102. The Kier molecular flexibility index (Phi) is 3.55. The van der Waals surface area contributed by atoms with Crippen molar-refractivity contribution < 1.29 is 9.18 Å². The Morgan fingerprint density at radius 2 is 1.59 bits per heavy atom. The number of halogens is 2. The topological polar surface area (TPSA) is 17.1 Å². The van der Waals surface area contributed by atoms with Crippen LogP contribution in [0.15, 0.2) is 48.5 Å². The molecule has 0 amide bonds. The monoisotopic (exact) mass is 248 g/mol. The molecular formula is C14H10ClFO. The van der Waals surface area contributed by atoms with Gasteiger partial charge in [0.25, 0.3) is 0 Å². The zero-order valence-electron chi connectivity index (χ0n) is 8.99. The standard InChI is InChI=1S/C8H7ClO.C6H3F/c9-6-8(10)7-4-2-1-3-5-7;7-6-4-2-1-3-5(4)6/h1-5H,6H2;1-3H. The molecule has 17 heavy (non-hydrogen) atoms. The van der Waals surface area contributed by atoms with Crippen LogP contribution in [0.2, 0.25) is 0 Å². The van der Waals surface area contributed by atoms with Crippen molar-refractivity contribution in [1.29, 1.82) is 0 Å². The fraction of sp³-hybridized carbons (Fsp3) is 0.0714. The molecule has 0 saturated carbocycles. The van der Waals surface area contributed by atoms with Crippen LogP contribution in [0.5, 0.6) is 0 Å². The fourth-order valence-corrected chi connectivity index (χ4v) is 1.61. The first-order valence-electron chi connectivity index (χ1n) is 5.17. The number of carbonyl (C=O) groups excluding carboxylic acids is 1. The Labute approximate surface area is 104 Å². The van der Waals surface area contributed by atoms with Gasteiger partial charge in [-0.05, 0) is 0 Å². The highest BCUT2D eigenvalue weighted by atomic mass is 35.5. The Balaban J connectivity index is 0.000000134. The van der Waals surface area contributed by atoms with Gasteiger partial charge in [-0.2, -0.15) is 0 Å². The van der Waals surface area contributed by atoms with Gasteiger partial charge in [0, 0.05) is 16.7 Å². The molecule has 2 aliphatic rings. The summed E-state index contributed by atoms with van der Waals surface area (Å²) >= 11 is 5.34. The molecule has 0 radical (unpaired) electrons. The molecule has 0 spiro atoms. The predicted octanol–water partition coefficient (Wildman–Crippen LogP) is 3.91. The third kappa shape index (κ3) is 2.71. The number of carbonyl (C=O) groups is 1. The zero-order valence-corrected chi connectivity index (χ0v) is 9.75. The number of hydrogen-bond acceptors (Lipinski definition) is 1. The smallest absolute Gasteiger partial charge is 0.177 e. The molecule has 0 N–H and O–H groups in total. The minimum atomic E-state index is -0.0257. The van der Waals surface area contributed by atoms with Gasteiger partial charge in [-0.3, -0.25) is 4.79 Å². The van der Waals surface area contributed by atoms with E-state index >= 15 is 0 Å². The van der Waals surface area contributed by atoms with E-state index in [2.05, 4.69) is 0 Å². The first-order valence-corrected chi connectivity index (χ1v) is 5.70. The van der Waals surface area contributed by atoms with Crippen LogP contribution in [0.3, 0.4) is 0 Å². The number of benzene rings is 2. The molecular weight excluding hydrogens is 239 g/mol. The number of fused-ring (bicyclic) bond motifs is 1. The van der Waals surface area contributed by atoms with E-state index in [-0.39, 0.29) is 17.5 Å². The summed E-state index contributed by atoms with van der Waals surface area (Å²) < 4.78 is 12.0. The molecule has 2 aliphatic carbocycles. The van der Waals surface area contributed by atoms with E-state index in [0.29, 0.717) is 5.56 Å². The van der Waals surface area contributed by atoms with Crippen molar-refractivity contribution in [2.45, 2.75) is 0 Å². The molecule has 1 aromatic carbocycles. The molecule has 3 heteroatoms. The lowest BCUT2D eigenvalue weighted by atomic mass is 10.2. The molecule has 0 aliphatic heterocycles. The van der Waals surface area contributed by atoms with Gasteiger partial charge < -0.3 is 0 Å². The molecule has 1 aromatic rings. The number of rotatable bonds is 2. The Hall–Kier alpha value is -1.67. The van der Waals surface area contributed by atoms with Crippen LogP contribution in [-0.4, -0.2) is 11.7 Å². The van der Waals surface area contributed by atoms with Crippen LogP contribution in [-0.2, 0) is 0 Å². The Morgan fingerprint density at radius 1 is 1.00 bits per heavy atom. The highest BCUT2D eigenvalue weighted by Gasteiger charge is 2.22. The van der Waals surface area contributed by atoms with Crippen LogP contribution < -0.4 is 0 Å². The average molecular weight is 249 g/mol. The summed E-state index contributed by atoms with van der Waals surface area (Å²) in [5, 5.41) is 0. The molecule has 86 valence electrons. The lowest BCUT2D eigenvalue weighted by Crippen LogP contribution is -1.98. The van der Waals surface area contributed by atoms with Gasteiger partial charge >= 0.3 is 0 Å². The van der Waals surface area contributed by atoms with Crippen molar-refractivity contribution in [2.75, 3.05) is 5.88 Å². The van der Waals surface area contributed by atoms with Gasteiger partial charge in [0.15, 0.2) is 5.78 Å². The largest absolute Gasteiger partial charge is 0.293 e. The quantitative estimate of drug-likeness (QED) is 0.496. The van der Waals surface area contributed by atoms with Crippen molar-refractivity contribution in [3.8, 4) is 11.1 Å². The summed E-state index contributed by atoms with van der Waals surface area (Å²) in [4.78, 5) is 10.9. The molecule has 0 fully saturated rings. The lowest BCUT2D eigenvalue weighted by Gasteiger charge is -1.92. The summed E-state index contributed by atoms with van der Waals surface area (Å²) in [5.74, 6) is 0.0223. The average Bonchev–Trinajstić information content (AvgIpc) is 2.84. The molecule has 0 heterocycles. The van der Waals surface area contributed by atoms with Gasteiger partial charge in [-0.15, -0.1) is 11.6 Å². The van der Waals surface area contributed by atoms with E-state index in [1.165, 1.54) is 0 Å². The molecule has 0 unspecified atom stereocenters. The summed E-state index contributed by atoms with van der Waals surface area (Å²) in [5.41, 5.74) is 2.29. The summed E-state index contributed by atoms with van der Waals surface area (Å²) in [6.45, 7) is 0. The molecule has 0 aromatic heterocycles. The van der Waals surface area contributed by atoms with Crippen LogP contribution in [0, 0.1) is 5.82 Å². The van der Waals surface area contributed by atoms with E-state index in [1.54, 1.807) is 24.3 Å². The molecule has 0 saturated heterocycles. The first-order chi connectivity index (χ1) is 8.24. The van der Waals surface area contributed by atoms with Crippen molar-refractivity contribution in [1.82, 2.24) is 0 Å². The van der Waals surface area contributed by atoms with E-state index in [0.717, 1.165) is 11.1 Å². The van der Waals surface area contributed by atoms with E-state index < -0.39 is 0 Å². The van der Waals surface area contributed by atoms with Crippen LogP contribution in [0.25, 0.3) is 11.1 Å². The first kappa shape index (κ1) is 11.8. The molecule has 1 nitrogen and oxygen atoms in total. The molecule has 0 bridgehead atoms. The van der Waals surface area contributed by atoms with Gasteiger partial charge in [0.05, 0.1) is 5.88 Å². The van der Waals surface area contributed by atoms with E-state index in [4.69, 9.17) is 11.6 Å². The maximum absolute atomic E-state index is 12.0. The third-order valence-corrected chi connectivity index (χ3v) is 2.69. The van der Waals surface area contributed by atoms with Crippen molar-refractivity contribution >= 4 is 17.4 Å². The zero-order chi connectivity index (χ0) is 12.3. The number of alkyl halides is 1. The van der Waals surface area contributed by atoms with E-state index in [9.17, 15) is 9.18 Å².